The highest BCUT2D eigenvalue weighted by Gasteiger charge is 2.65. The van der Waals surface area contributed by atoms with Gasteiger partial charge in [-0.2, -0.15) is 0 Å². The van der Waals surface area contributed by atoms with Crippen LogP contribution in [0, 0.1) is 17.3 Å². The Balaban J connectivity index is 2.06. The smallest absolute Gasteiger partial charge is 0.307 e. The molecule has 0 bridgehead atoms. The quantitative estimate of drug-likeness (QED) is 0.711. The molecule has 18 heavy (non-hydrogen) atoms. The highest BCUT2D eigenvalue weighted by atomic mass is 16.4. The first-order valence-electron chi connectivity index (χ1n) is 5.66. The normalized spacial score (nSPS) is 24.3. The summed E-state index contributed by atoms with van der Waals surface area (Å²) in [5.41, 5.74) is 0.0389. The Bertz CT molecular complexity index is 492. The third-order valence-electron chi connectivity index (χ3n) is 3.51. The lowest BCUT2D eigenvalue weighted by Crippen LogP contribution is -2.17. The van der Waals surface area contributed by atoms with Crippen molar-refractivity contribution >= 4 is 17.6 Å². The third-order valence-corrected chi connectivity index (χ3v) is 3.51. The van der Waals surface area contributed by atoms with Crippen LogP contribution in [-0.4, -0.2) is 22.1 Å². The van der Waals surface area contributed by atoms with E-state index in [4.69, 9.17) is 10.2 Å². The number of carboxylic acid groups (broad SMARTS) is 1. The number of carbonyl (C=O) groups is 2. The number of benzene rings is 1. The molecule has 1 aromatic rings. The van der Waals surface area contributed by atoms with E-state index >= 15 is 0 Å². The van der Waals surface area contributed by atoms with Crippen LogP contribution in [0.25, 0.3) is 0 Å². The molecule has 0 radical (unpaired) electrons. The van der Waals surface area contributed by atoms with Crippen LogP contribution in [0.1, 0.15) is 13.8 Å². The van der Waals surface area contributed by atoms with E-state index in [1.807, 2.05) is 0 Å². The molecule has 0 unspecified atom stereocenters. The molecule has 96 valence electrons. The van der Waals surface area contributed by atoms with Gasteiger partial charge in [0, 0.05) is 5.69 Å². The molecule has 1 aliphatic carbocycles. The standard InChI is InChI=1S/C13H15NO4/c1-13(2)9(10(13)12(17)18)11(16)14-7-3-5-8(15)6-4-7/h3-6,9-10,15H,1-2H3,(H,14,16)(H,17,18)/t9-,10+/m1/s1. The van der Waals surface area contributed by atoms with E-state index in [0.717, 1.165) is 0 Å². The Kier molecular flexibility index (Phi) is 2.77. The van der Waals surface area contributed by atoms with Crippen molar-refractivity contribution in [1.82, 2.24) is 0 Å². The number of hydrogen-bond donors (Lipinski definition) is 3. The summed E-state index contributed by atoms with van der Waals surface area (Å²) in [5, 5.41) is 20.8. The Hall–Kier alpha value is -2.04. The molecule has 5 nitrogen and oxygen atoms in total. The van der Waals surface area contributed by atoms with Crippen molar-refractivity contribution in [2.45, 2.75) is 13.8 Å². The lowest BCUT2D eigenvalue weighted by Gasteiger charge is -2.05. The average molecular weight is 249 g/mol. The largest absolute Gasteiger partial charge is 0.508 e. The number of nitrogens with one attached hydrogen (secondary N) is 1. The fourth-order valence-electron chi connectivity index (χ4n) is 2.35. The maximum Gasteiger partial charge on any atom is 0.307 e. The molecule has 0 spiro atoms. The Morgan fingerprint density at radius 1 is 1.17 bits per heavy atom. The second-order valence-electron chi connectivity index (χ2n) is 5.15. The van der Waals surface area contributed by atoms with Gasteiger partial charge >= 0.3 is 5.97 Å². The minimum atomic E-state index is -0.939. The zero-order chi connectivity index (χ0) is 13.5. The Morgan fingerprint density at radius 3 is 2.17 bits per heavy atom. The van der Waals surface area contributed by atoms with Crippen molar-refractivity contribution < 1.29 is 19.8 Å². The van der Waals surface area contributed by atoms with Crippen molar-refractivity contribution in [3.63, 3.8) is 0 Å². The molecule has 1 aliphatic rings. The number of aromatic hydroxyl groups is 1. The lowest BCUT2D eigenvalue weighted by atomic mass is 10.1. The second kappa shape index (κ2) is 4.01. The minimum Gasteiger partial charge on any atom is -0.508 e. The van der Waals surface area contributed by atoms with E-state index in [1.165, 1.54) is 12.1 Å². The predicted molar refractivity (Wildman–Crippen MR) is 65.1 cm³/mol. The van der Waals surface area contributed by atoms with Gasteiger partial charge in [-0.05, 0) is 29.7 Å². The number of phenolic OH excluding ortho intramolecular Hbond substituents is 1. The summed E-state index contributed by atoms with van der Waals surface area (Å²) < 4.78 is 0. The summed E-state index contributed by atoms with van der Waals surface area (Å²) in [6.45, 7) is 3.54. The van der Waals surface area contributed by atoms with Crippen molar-refractivity contribution in [3.8, 4) is 5.75 Å². The van der Waals surface area contributed by atoms with Crippen LogP contribution in [0.2, 0.25) is 0 Å². The summed E-state index contributed by atoms with van der Waals surface area (Å²) >= 11 is 0. The zero-order valence-corrected chi connectivity index (χ0v) is 10.2. The average Bonchev–Trinajstić information content (AvgIpc) is 2.85. The second-order valence-corrected chi connectivity index (χ2v) is 5.15. The van der Waals surface area contributed by atoms with E-state index in [9.17, 15) is 9.59 Å². The maximum absolute atomic E-state index is 12.0. The fourth-order valence-corrected chi connectivity index (χ4v) is 2.35. The van der Waals surface area contributed by atoms with E-state index in [-0.39, 0.29) is 11.7 Å². The zero-order valence-electron chi connectivity index (χ0n) is 10.2. The molecule has 1 aromatic carbocycles. The molecule has 1 fully saturated rings. The lowest BCUT2D eigenvalue weighted by molar-refractivity contribution is -0.140. The van der Waals surface area contributed by atoms with Gasteiger partial charge in [-0.25, -0.2) is 0 Å². The van der Waals surface area contributed by atoms with E-state index in [1.54, 1.807) is 26.0 Å². The number of aliphatic carboxylic acids is 1. The van der Waals surface area contributed by atoms with Gasteiger partial charge in [0.15, 0.2) is 0 Å². The van der Waals surface area contributed by atoms with Crippen molar-refractivity contribution in [2.75, 3.05) is 5.32 Å². The van der Waals surface area contributed by atoms with Crippen LogP contribution in [0.3, 0.4) is 0 Å². The number of amides is 1. The van der Waals surface area contributed by atoms with Crippen molar-refractivity contribution in [1.29, 1.82) is 0 Å². The molecule has 0 heterocycles. The van der Waals surface area contributed by atoms with Gasteiger partial charge in [0.1, 0.15) is 5.75 Å². The fraction of sp³-hybridized carbons (Fsp3) is 0.385. The number of carbonyl (C=O) groups excluding carboxylic acids is 1. The first-order valence-corrected chi connectivity index (χ1v) is 5.66. The van der Waals surface area contributed by atoms with E-state index in [0.29, 0.717) is 5.69 Å². The topological polar surface area (TPSA) is 86.6 Å². The highest BCUT2D eigenvalue weighted by molar-refractivity contribution is 5.99. The Labute approximate surface area is 104 Å². The third kappa shape index (κ3) is 2.03. The van der Waals surface area contributed by atoms with Gasteiger partial charge in [-0.1, -0.05) is 13.8 Å². The van der Waals surface area contributed by atoms with Gasteiger partial charge in [0.2, 0.25) is 5.91 Å². The summed E-state index contributed by atoms with van der Waals surface area (Å²) in [4.78, 5) is 22.9. The molecule has 0 aliphatic heterocycles. The molecule has 0 aromatic heterocycles. The number of phenols is 1. The highest BCUT2D eigenvalue weighted by Crippen LogP contribution is 2.58. The van der Waals surface area contributed by atoms with Crippen molar-refractivity contribution in [3.05, 3.63) is 24.3 Å². The number of anilines is 1. The number of carboxylic acids is 1. The number of hydrogen-bond acceptors (Lipinski definition) is 3. The van der Waals surface area contributed by atoms with Crippen LogP contribution in [0.4, 0.5) is 5.69 Å². The molecule has 3 N–H and O–H groups in total. The van der Waals surface area contributed by atoms with Crippen LogP contribution < -0.4 is 5.32 Å². The van der Waals surface area contributed by atoms with Crippen molar-refractivity contribution in [2.24, 2.45) is 17.3 Å². The summed E-state index contributed by atoms with van der Waals surface area (Å²) in [5.74, 6) is -2.26. The first-order chi connectivity index (χ1) is 8.34. The molecule has 0 saturated heterocycles. The monoisotopic (exact) mass is 249 g/mol. The number of rotatable bonds is 3. The molecular formula is C13H15NO4. The molecule has 1 amide bonds. The minimum absolute atomic E-state index is 0.114. The van der Waals surface area contributed by atoms with Gasteiger partial charge in [-0.3, -0.25) is 9.59 Å². The molecular weight excluding hydrogens is 234 g/mol. The van der Waals surface area contributed by atoms with Gasteiger partial charge < -0.3 is 15.5 Å². The Morgan fingerprint density at radius 2 is 1.72 bits per heavy atom. The molecule has 2 atom stereocenters. The van der Waals surface area contributed by atoms with E-state index in [2.05, 4.69) is 5.32 Å². The van der Waals surface area contributed by atoms with Crippen LogP contribution >= 0.6 is 0 Å². The molecule has 2 rings (SSSR count). The maximum atomic E-state index is 12.0. The van der Waals surface area contributed by atoms with Gasteiger partial charge in [-0.15, -0.1) is 0 Å². The summed E-state index contributed by atoms with van der Waals surface area (Å²) in [6, 6.07) is 6.06. The summed E-state index contributed by atoms with van der Waals surface area (Å²) in [6.07, 6.45) is 0. The van der Waals surface area contributed by atoms with E-state index < -0.39 is 23.2 Å². The van der Waals surface area contributed by atoms with Gasteiger partial charge in [0.25, 0.3) is 0 Å². The van der Waals surface area contributed by atoms with Crippen LogP contribution in [-0.2, 0) is 9.59 Å². The van der Waals surface area contributed by atoms with Crippen LogP contribution in [0.15, 0.2) is 24.3 Å². The van der Waals surface area contributed by atoms with Gasteiger partial charge in [0.05, 0.1) is 11.8 Å². The van der Waals surface area contributed by atoms with Crippen LogP contribution in [0.5, 0.6) is 5.75 Å². The predicted octanol–water partition coefficient (Wildman–Crippen LogP) is 1.69. The molecule has 5 heteroatoms. The first kappa shape index (κ1) is 12.4. The molecule has 1 saturated carbocycles. The SMILES string of the molecule is CC1(C)[C@H](C(=O)O)[C@@H]1C(=O)Nc1ccc(O)cc1. The summed E-state index contributed by atoms with van der Waals surface area (Å²) in [7, 11) is 0.